The summed E-state index contributed by atoms with van der Waals surface area (Å²) in [6, 6.07) is 2.58. The molecule has 0 aliphatic heterocycles. The van der Waals surface area contributed by atoms with Crippen LogP contribution < -0.4 is 0 Å². The van der Waals surface area contributed by atoms with E-state index in [1.165, 1.54) is 0 Å². The number of nitro groups is 1. The fourth-order valence-electron chi connectivity index (χ4n) is 1.21. The molecular weight excluding hydrogens is 271 g/mol. The SMILES string of the molecule is CC(CO)Sc1ccc([N+](=O)[O-])cc1C(F)(F)F. The molecule has 0 fully saturated rings. The lowest BCUT2D eigenvalue weighted by atomic mass is 10.2. The number of aliphatic hydroxyl groups is 1. The minimum absolute atomic E-state index is 0.130. The van der Waals surface area contributed by atoms with E-state index in [1.54, 1.807) is 6.92 Å². The molecule has 1 aromatic rings. The van der Waals surface area contributed by atoms with Gasteiger partial charge in [0.25, 0.3) is 5.69 Å². The van der Waals surface area contributed by atoms with Gasteiger partial charge >= 0.3 is 6.18 Å². The summed E-state index contributed by atoms with van der Waals surface area (Å²) in [5.41, 5.74) is -1.66. The number of hydrogen-bond donors (Lipinski definition) is 1. The zero-order valence-corrected chi connectivity index (χ0v) is 10.1. The molecule has 0 aliphatic carbocycles. The maximum absolute atomic E-state index is 12.7. The molecule has 0 saturated carbocycles. The van der Waals surface area contributed by atoms with Crippen molar-refractivity contribution >= 4 is 17.4 Å². The minimum Gasteiger partial charge on any atom is -0.395 e. The van der Waals surface area contributed by atoms with Crippen LogP contribution in [0.1, 0.15) is 12.5 Å². The van der Waals surface area contributed by atoms with E-state index in [9.17, 15) is 23.3 Å². The molecule has 0 amide bonds. The van der Waals surface area contributed by atoms with Gasteiger partial charge in [0.1, 0.15) is 0 Å². The van der Waals surface area contributed by atoms with Gasteiger partial charge in [-0.1, -0.05) is 6.92 Å². The van der Waals surface area contributed by atoms with Crippen LogP contribution in [0.25, 0.3) is 0 Å². The Morgan fingerprint density at radius 2 is 2.11 bits per heavy atom. The van der Waals surface area contributed by atoms with E-state index >= 15 is 0 Å². The van der Waals surface area contributed by atoms with Crippen molar-refractivity contribution in [1.82, 2.24) is 0 Å². The summed E-state index contributed by atoms with van der Waals surface area (Å²) in [6.45, 7) is 1.28. The van der Waals surface area contributed by atoms with E-state index in [1.807, 2.05) is 0 Å². The van der Waals surface area contributed by atoms with E-state index in [2.05, 4.69) is 0 Å². The molecule has 8 heteroatoms. The lowest BCUT2D eigenvalue weighted by Gasteiger charge is -2.14. The van der Waals surface area contributed by atoms with Gasteiger partial charge in [-0.25, -0.2) is 0 Å². The lowest BCUT2D eigenvalue weighted by molar-refractivity contribution is -0.385. The first kappa shape index (κ1) is 14.8. The molecule has 0 aliphatic rings. The van der Waals surface area contributed by atoms with Gasteiger partial charge in [-0.2, -0.15) is 13.2 Å². The van der Waals surface area contributed by atoms with E-state index in [0.29, 0.717) is 6.07 Å². The summed E-state index contributed by atoms with van der Waals surface area (Å²) >= 11 is 0.825. The van der Waals surface area contributed by atoms with Crippen molar-refractivity contribution in [2.45, 2.75) is 23.2 Å². The number of non-ortho nitro benzene ring substituents is 1. The summed E-state index contributed by atoms with van der Waals surface area (Å²) in [7, 11) is 0. The fraction of sp³-hybridized carbons (Fsp3) is 0.400. The Morgan fingerprint density at radius 1 is 1.50 bits per heavy atom. The van der Waals surface area contributed by atoms with Crippen LogP contribution in [0.2, 0.25) is 0 Å². The quantitative estimate of drug-likeness (QED) is 0.523. The molecule has 1 aromatic carbocycles. The zero-order valence-electron chi connectivity index (χ0n) is 9.27. The Morgan fingerprint density at radius 3 is 2.56 bits per heavy atom. The molecule has 0 aromatic heterocycles. The zero-order chi connectivity index (χ0) is 13.9. The predicted molar refractivity (Wildman–Crippen MR) is 60.5 cm³/mol. The number of nitrogens with zero attached hydrogens (tertiary/aromatic N) is 1. The molecule has 100 valence electrons. The Balaban J connectivity index is 3.21. The van der Waals surface area contributed by atoms with E-state index in [4.69, 9.17) is 5.11 Å². The molecule has 0 saturated heterocycles. The van der Waals surface area contributed by atoms with Gasteiger partial charge in [0.05, 0.1) is 17.1 Å². The molecule has 0 bridgehead atoms. The van der Waals surface area contributed by atoms with Crippen LogP contribution in [0.15, 0.2) is 23.1 Å². The number of rotatable bonds is 4. The Labute approximate surface area is 105 Å². The highest BCUT2D eigenvalue weighted by Crippen LogP contribution is 2.39. The van der Waals surface area contributed by atoms with Crippen LogP contribution in [0.5, 0.6) is 0 Å². The Bertz CT molecular complexity index is 450. The maximum atomic E-state index is 12.7. The fourth-order valence-corrected chi connectivity index (χ4v) is 2.17. The molecule has 1 rings (SSSR count). The van der Waals surface area contributed by atoms with Gasteiger partial charge in [-0.05, 0) is 6.07 Å². The van der Waals surface area contributed by atoms with Crippen LogP contribution in [-0.2, 0) is 6.18 Å². The van der Waals surface area contributed by atoms with Crippen molar-refractivity contribution in [3.63, 3.8) is 0 Å². The first-order valence-corrected chi connectivity index (χ1v) is 5.77. The first-order chi connectivity index (χ1) is 8.25. The predicted octanol–water partition coefficient (Wildman–Crippen LogP) is 3.09. The molecule has 1 atom stereocenters. The summed E-state index contributed by atoms with van der Waals surface area (Å²) in [6.07, 6.45) is -4.66. The van der Waals surface area contributed by atoms with Gasteiger partial charge in [0.15, 0.2) is 0 Å². The third-order valence-electron chi connectivity index (χ3n) is 2.06. The topological polar surface area (TPSA) is 63.4 Å². The lowest BCUT2D eigenvalue weighted by Crippen LogP contribution is -2.10. The third kappa shape index (κ3) is 3.61. The third-order valence-corrected chi connectivity index (χ3v) is 3.23. The number of thioether (sulfide) groups is 1. The minimum atomic E-state index is -4.66. The van der Waals surface area contributed by atoms with Gasteiger partial charge in [-0.3, -0.25) is 10.1 Å². The molecule has 1 N–H and O–H groups in total. The second kappa shape index (κ2) is 5.57. The molecule has 0 radical (unpaired) electrons. The largest absolute Gasteiger partial charge is 0.417 e. The van der Waals surface area contributed by atoms with Crippen LogP contribution in [-0.4, -0.2) is 21.9 Å². The van der Waals surface area contributed by atoms with E-state index in [-0.39, 0.29) is 11.5 Å². The van der Waals surface area contributed by atoms with Gasteiger partial charge < -0.3 is 5.11 Å². The number of nitro benzene ring substituents is 1. The normalized spacial score (nSPS) is 13.4. The number of aliphatic hydroxyl groups excluding tert-OH is 1. The highest BCUT2D eigenvalue weighted by molar-refractivity contribution is 8.00. The average molecular weight is 281 g/mol. The van der Waals surface area contributed by atoms with Crippen LogP contribution in [0.4, 0.5) is 18.9 Å². The van der Waals surface area contributed by atoms with Crippen molar-refractivity contribution in [3.8, 4) is 0 Å². The number of alkyl halides is 3. The molecule has 4 nitrogen and oxygen atoms in total. The molecule has 0 spiro atoms. The van der Waals surface area contributed by atoms with E-state index < -0.39 is 27.6 Å². The van der Waals surface area contributed by atoms with Crippen molar-refractivity contribution in [2.24, 2.45) is 0 Å². The highest BCUT2D eigenvalue weighted by atomic mass is 32.2. The Kier molecular flexibility index (Phi) is 4.58. The molecule has 0 heterocycles. The van der Waals surface area contributed by atoms with Gasteiger partial charge in [0, 0.05) is 22.3 Å². The first-order valence-electron chi connectivity index (χ1n) is 4.89. The maximum Gasteiger partial charge on any atom is 0.417 e. The number of halogens is 3. The number of benzene rings is 1. The van der Waals surface area contributed by atoms with Crippen LogP contribution in [0.3, 0.4) is 0 Å². The average Bonchev–Trinajstić information content (AvgIpc) is 2.27. The summed E-state index contributed by atoms with van der Waals surface area (Å²) < 4.78 is 38.2. The van der Waals surface area contributed by atoms with Crippen LogP contribution >= 0.6 is 11.8 Å². The highest BCUT2D eigenvalue weighted by Gasteiger charge is 2.35. The molecule has 1 unspecified atom stereocenters. The second-order valence-electron chi connectivity index (χ2n) is 3.55. The summed E-state index contributed by atoms with van der Waals surface area (Å²) in [5.74, 6) is 0. The standard InChI is InChI=1S/C10H10F3NO3S/c1-6(5-15)18-9-3-2-7(14(16)17)4-8(9)10(11,12)13/h2-4,6,15H,5H2,1H3. The van der Waals surface area contributed by atoms with Crippen molar-refractivity contribution in [3.05, 3.63) is 33.9 Å². The van der Waals surface area contributed by atoms with Gasteiger partial charge in [-0.15, -0.1) is 11.8 Å². The molecular formula is C10H10F3NO3S. The Hall–Kier alpha value is -1.28. The van der Waals surface area contributed by atoms with E-state index in [0.717, 1.165) is 23.9 Å². The monoisotopic (exact) mass is 281 g/mol. The smallest absolute Gasteiger partial charge is 0.395 e. The number of hydrogen-bond acceptors (Lipinski definition) is 4. The summed E-state index contributed by atoms with van der Waals surface area (Å²) in [5, 5.41) is 18.9. The van der Waals surface area contributed by atoms with Crippen molar-refractivity contribution in [1.29, 1.82) is 0 Å². The molecule has 18 heavy (non-hydrogen) atoms. The van der Waals surface area contributed by atoms with Crippen molar-refractivity contribution in [2.75, 3.05) is 6.61 Å². The second-order valence-corrected chi connectivity index (χ2v) is 5.03. The van der Waals surface area contributed by atoms with Gasteiger partial charge in [0.2, 0.25) is 0 Å². The summed E-state index contributed by atoms with van der Waals surface area (Å²) in [4.78, 5) is 9.46. The van der Waals surface area contributed by atoms with Crippen molar-refractivity contribution < 1.29 is 23.2 Å². The van der Waals surface area contributed by atoms with Crippen LogP contribution in [0, 0.1) is 10.1 Å².